The number of halogens is 1. The summed E-state index contributed by atoms with van der Waals surface area (Å²) >= 11 is 3.13. The van der Waals surface area contributed by atoms with Crippen LogP contribution in [0.25, 0.3) is 0 Å². The molecule has 3 N–H and O–H groups in total. The molecule has 0 atom stereocenters. The highest BCUT2D eigenvalue weighted by Crippen LogP contribution is 2.38. The predicted molar refractivity (Wildman–Crippen MR) is 61.6 cm³/mol. The summed E-state index contributed by atoms with van der Waals surface area (Å²) in [4.78, 5) is 21.1. The molecule has 0 spiro atoms. The van der Waals surface area contributed by atoms with Crippen molar-refractivity contribution in [2.24, 2.45) is 0 Å². The summed E-state index contributed by atoms with van der Waals surface area (Å²) in [6.07, 6.45) is 0. The van der Waals surface area contributed by atoms with Crippen LogP contribution >= 0.6 is 15.9 Å². The monoisotopic (exact) mass is 288 g/mol. The predicted octanol–water partition coefficient (Wildman–Crippen LogP) is 2.25. The standard InChI is InChI=1S/C9H9BrN2O4/c1-3-5(9(13)14)7(11)8(12(15)16)4(2)6(3)10/h11H2,1-2H3,(H,13,14). The van der Waals surface area contributed by atoms with Crippen LogP contribution in [0.15, 0.2) is 4.47 Å². The van der Waals surface area contributed by atoms with Crippen molar-refractivity contribution >= 4 is 33.3 Å². The zero-order chi connectivity index (χ0) is 12.6. The molecular weight excluding hydrogens is 280 g/mol. The normalized spacial score (nSPS) is 10.2. The van der Waals surface area contributed by atoms with Crippen molar-refractivity contribution in [3.05, 3.63) is 31.3 Å². The summed E-state index contributed by atoms with van der Waals surface area (Å²) in [6, 6.07) is 0. The molecule has 0 aliphatic rings. The second-order valence-electron chi connectivity index (χ2n) is 3.26. The Morgan fingerprint density at radius 1 is 1.44 bits per heavy atom. The summed E-state index contributed by atoms with van der Waals surface area (Å²) in [5.41, 5.74) is 5.31. The van der Waals surface area contributed by atoms with Crippen molar-refractivity contribution in [1.29, 1.82) is 0 Å². The molecule has 16 heavy (non-hydrogen) atoms. The van der Waals surface area contributed by atoms with E-state index in [1.54, 1.807) is 6.92 Å². The Morgan fingerprint density at radius 2 is 1.94 bits per heavy atom. The van der Waals surface area contributed by atoms with Crippen LogP contribution in [0.2, 0.25) is 0 Å². The van der Waals surface area contributed by atoms with Gasteiger partial charge in [-0.1, -0.05) is 0 Å². The maximum absolute atomic E-state index is 11.0. The number of hydrogen-bond acceptors (Lipinski definition) is 4. The largest absolute Gasteiger partial charge is 0.478 e. The van der Waals surface area contributed by atoms with Crippen molar-refractivity contribution < 1.29 is 14.8 Å². The van der Waals surface area contributed by atoms with Crippen molar-refractivity contribution in [3.63, 3.8) is 0 Å². The van der Waals surface area contributed by atoms with Gasteiger partial charge in [-0.3, -0.25) is 10.1 Å². The van der Waals surface area contributed by atoms with E-state index in [2.05, 4.69) is 15.9 Å². The number of carboxylic acids is 1. The molecule has 0 bridgehead atoms. The Morgan fingerprint density at radius 3 is 2.31 bits per heavy atom. The Hall–Kier alpha value is -1.63. The molecule has 0 radical (unpaired) electrons. The Bertz CT molecular complexity index is 458. The fraction of sp³-hybridized carbons (Fsp3) is 0.222. The molecular formula is C9H9BrN2O4. The molecule has 0 aliphatic heterocycles. The van der Waals surface area contributed by atoms with Crippen molar-refractivity contribution in [1.82, 2.24) is 0 Å². The summed E-state index contributed by atoms with van der Waals surface area (Å²) in [6.45, 7) is 3.05. The van der Waals surface area contributed by atoms with Gasteiger partial charge in [-0.25, -0.2) is 4.79 Å². The van der Waals surface area contributed by atoms with Crippen molar-refractivity contribution in [2.75, 3.05) is 5.73 Å². The van der Waals surface area contributed by atoms with Gasteiger partial charge in [0, 0.05) is 10.0 Å². The molecule has 0 saturated heterocycles. The Kier molecular flexibility index (Phi) is 3.18. The van der Waals surface area contributed by atoms with E-state index in [0.29, 0.717) is 15.6 Å². The molecule has 1 aromatic carbocycles. The summed E-state index contributed by atoms with van der Waals surface area (Å²) < 4.78 is 0.394. The third kappa shape index (κ3) is 1.73. The summed E-state index contributed by atoms with van der Waals surface area (Å²) in [5.74, 6) is -1.28. The molecule has 1 aromatic rings. The molecule has 0 saturated carbocycles. The van der Waals surface area contributed by atoms with E-state index < -0.39 is 10.9 Å². The van der Waals surface area contributed by atoms with Crippen molar-refractivity contribution in [3.8, 4) is 0 Å². The van der Waals surface area contributed by atoms with Gasteiger partial charge in [0.2, 0.25) is 0 Å². The fourth-order valence-electron chi connectivity index (χ4n) is 1.53. The van der Waals surface area contributed by atoms with E-state index >= 15 is 0 Å². The van der Waals surface area contributed by atoms with Gasteiger partial charge >= 0.3 is 5.97 Å². The maximum Gasteiger partial charge on any atom is 0.338 e. The first-order valence-corrected chi connectivity index (χ1v) is 5.04. The quantitative estimate of drug-likeness (QED) is 0.493. The summed E-state index contributed by atoms with van der Waals surface area (Å²) in [5, 5.41) is 19.7. The molecule has 0 aliphatic carbocycles. The van der Waals surface area contributed by atoms with E-state index in [1.165, 1.54) is 6.92 Å². The van der Waals surface area contributed by atoms with Crippen LogP contribution in [0.1, 0.15) is 21.5 Å². The van der Waals surface area contributed by atoms with Gasteiger partial charge in [0.15, 0.2) is 0 Å². The highest BCUT2D eigenvalue weighted by molar-refractivity contribution is 9.10. The van der Waals surface area contributed by atoms with Crippen LogP contribution in [-0.4, -0.2) is 16.0 Å². The van der Waals surface area contributed by atoms with E-state index in [1.807, 2.05) is 0 Å². The lowest BCUT2D eigenvalue weighted by molar-refractivity contribution is -0.384. The highest BCUT2D eigenvalue weighted by atomic mass is 79.9. The minimum absolute atomic E-state index is 0.232. The second kappa shape index (κ2) is 4.09. The number of carboxylic acid groups (broad SMARTS) is 1. The molecule has 1 rings (SSSR count). The molecule has 0 heterocycles. The number of hydrogen-bond donors (Lipinski definition) is 2. The number of aromatic carboxylic acids is 1. The first-order valence-electron chi connectivity index (χ1n) is 4.24. The van der Waals surface area contributed by atoms with Crippen LogP contribution in [0.4, 0.5) is 11.4 Å². The number of nitro benzene ring substituents is 1. The maximum atomic E-state index is 11.0. The lowest BCUT2D eigenvalue weighted by atomic mass is 10.0. The Balaban J connectivity index is 3.80. The highest BCUT2D eigenvalue weighted by Gasteiger charge is 2.27. The minimum atomic E-state index is -1.28. The fourth-order valence-corrected chi connectivity index (χ4v) is 1.91. The number of anilines is 1. The Labute approximate surface area is 99.3 Å². The molecule has 0 fully saturated rings. The number of nitrogens with zero attached hydrogens (tertiary/aromatic N) is 1. The minimum Gasteiger partial charge on any atom is -0.478 e. The van der Waals surface area contributed by atoms with E-state index in [4.69, 9.17) is 10.8 Å². The number of nitrogens with two attached hydrogens (primary N) is 1. The van der Waals surface area contributed by atoms with E-state index in [0.717, 1.165) is 0 Å². The van der Waals surface area contributed by atoms with Crippen LogP contribution < -0.4 is 5.73 Å². The van der Waals surface area contributed by atoms with E-state index in [9.17, 15) is 14.9 Å². The van der Waals surface area contributed by atoms with Gasteiger partial charge in [-0.05, 0) is 35.3 Å². The zero-order valence-corrected chi connectivity index (χ0v) is 10.2. The third-order valence-electron chi connectivity index (χ3n) is 2.31. The number of nitro groups is 1. The van der Waals surface area contributed by atoms with Gasteiger partial charge in [0.05, 0.1) is 10.5 Å². The van der Waals surface area contributed by atoms with Crippen molar-refractivity contribution in [2.45, 2.75) is 13.8 Å². The number of rotatable bonds is 2. The number of nitrogen functional groups attached to an aromatic ring is 1. The lowest BCUT2D eigenvalue weighted by Gasteiger charge is -2.11. The smallest absolute Gasteiger partial charge is 0.338 e. The molecule has 0 aromatic heterocycles. The van der Waals surface area contributed by atoms with Gasteiger partial charge in [0.25, 0.3) is 5.69 Å². The second-order valence-corrected chi connectivity index (χ2v) is 4.06. The van der Waals surface area contributed by atoms with E-state index in [-0.39, 0.29) is 16.9 Å². The van der Waals surface area contributed by atoms with Crippen LogP contribution in [0.3, 0.4) is 0 Å². The van der Waals surface area contributed by atoms with Gasteiger partial charge in [0.1, 0.15) is 5.69 Å². The first-order chi connectivity index (χ1) is 7.29. The third-order valence-corrected chi connectivity index (χ3v) is 3.50. The molecule has 0 amide bonds. The van der Waals surface area contributed by atoms with Crippen LogP contribution in [-0.2, 0) is 0 Å². The molecule has 86 valence electrons. The average Bonchev–Trinajstić information content (AvgIpc) is 2.13. The first kappa shape index (κ1) is 12.4. The van der Waals surface area contributed by atoms with Gasteiger partial charge in [-0.15, -0.1) is 0 Å². The molecule has 6 nitrogen and oxygen atoms in total. The number of benzene rings is 1. The number of carbonyl (C=O) groups is 1. The van der Waals surface area contributed by atoms with Crippen LogP contribution in [0, 0.1) is 24.0 Å². The average molecular weight is 289 g/mol. The SMILES string of the molecule is Cc1c(Br)c(C)c([N+](=O)[O-])c(N)c1C(=O)O. The lowest BCUT2D eigenvalue weighted by Crippen LogP contribution is -2.10. The van der Waals surface area contributed by atoms with Gasteiger partial charge < -0.3 is 10.8 Å². The topological polar surface area (TPSA) is 106 Å². The summed E-state index contributed by atoms with van der Waals surface area (Å²) in [7, 11) is 0. The van der Waals surface area contributed by atoms with Gasteiger partial charge in [-0.2, -0.15) is 0 Å². The molecule has 0 unspecified atom stereocenters. The van der Waals surface area contributed by atoms with Crippen LogP contribution in [0.5, 0.6) is 0 Å². The zero-order valence-electron chi connectivity index (χ0n) is 8.57. The molecule has 7 heteroatoms.